The molecule has 0 bridgehead atoms. The highest BCUT2D eigenvalue weighted by atomic mass is 16.5. The Morgan fingerprint density at radius 3 is 2.69 bits per heavy atom. The van der Waals surface area contributed by atoms with Crippen LogP contribution in [0.1, 0.15) is 33.1 Å². The van der Waals surface area contributed by atoms with Crippen LogP contribution >= 0.6 is 0 Å². The summed E-state index contributed by atoms with van der Waals surface area (Å²) in [5.74, 6) is 3.50. The second-order valence-corrected chi connectivity index (χ2v) is 4.74. The third kappa shape index (κ3) is 2.49. The van der Waals surface area contributed by atoms with Gasteiger partial charge in [-0.15, -0.1) is 0 Å². The van der Waals surface area contributed by atoms with E-state index in [1.54, 1.807) is 0 Å². The molecule has 1 aliphatic carbocycles. The summed E-state index contributed by atoms with van der Waals surface area (Å²) in [6.45, 7) is 5.66. The summed E-state index contributed by atoms with van der Waals surface area (Å²) in [6, 6.07) is 0. The zero-order chi connectivity index (χ0) is 9.84. The molecule has 1 saturated carbocycles. The van der Waals surface area contributed by atoms with E-state index < -0.39 is 0 Å². The van der Waals surface area contributed by atoms with E-state index in [0.29, 0.717) is 0 Å². The summed E-state index contributed by atoms with van der Waals surface area (Å²) in [4.78, 5) is 0. The fraction of sp³-hybridized carbons (Fsp3) is 1.00. The molecule has 0 N–H and O–H groups in total. The summed E-state index contributed by atoms with van der Waals surface area (Å²) in [5.41, 5.74) is 0. The lowest BCUT2D eigenvalue weighted by atomic mass is 9.77. The Balaban J connectivity index is 2.48. The first kappa shape index (κ1) is 11.1. The summed E-state index contributed by atoms with van der Waals surface area (Å²) < 4.78 is 5.29. The van der Waals surface area contributed by atoms with Gasteiger partial charge in [-0.3, -0.25) is 0 Å². The second kappa shape index (κ2) is 5.04. The lowest BCUT2D eigenvalue weighted by Gasteiger charge is -2.21. The number of ether oxygens (including phenoxy) is 1. The molecule has 0 amide bonds. The Hall–Kier alpha value is 0.0249. The molecule has 1 fully saturated rings. The van der Waals surface area contributed by atoms with E-state index in [1.807, 2.05) is 7.11 Å². The topological polar surface area (TPSA) is 9.23 Å². The highest BCUT2D eigenvalue weighted by Gasteiger charge is 2.36. The third-order valence-corrected chi connectivity index (χ3v) is 3.84. The molecule has 4 atom stereocenters. The van der Waals surface area contributed by atoms with Crippen LogP contribution in [-0.2, 0) is 4.74 Å². The van der Waals surface area contributed by atoms with E-state index in [9.17, 15) is 0 Å². The van der Waals surface area contributed by atoms with Gasteiger partial charge in [0.2, 0.25) is 0 Å². The summed E-state index contributed by atoms with van der Waals surface area (Å²) in [7, 11) is 4.21. The fourth-order valence-electron chi connectivity index (χ4n) is 2.99. The van der Waals surface area contributed by atoms with E-state index in [1.165, 1.54) is 19.3 Å². The Kier molecular flexibility index (Phi) is 4.31. The van der Waals surface area contributed by atoms with Gasteiger partial charge in [-0.05, 0) is 17.8 Å². The van der Waals surface area contributed by atoms with Crippen LogP contribution in [0.3, 0.4) is 0 Å². The van der Waals surface area contributed by atoms with Gasteiger partial charge in [-0.2, -0.15) is 0 Å². The van der Waals surface area contributed by atoms with Crippen molar-refractivity contribution < 1.29 is 4.74 Å². The fourth-order valence-corrected chi connectivity index (χ4v) is 2.99. The second-order valence-electron chi connectivity index (χ2n) is 4.74. The molecular formula is C11H23BO. The Labute approximate surface area is 83.6 Å². The van der Waals surface area contributed by atoms with Crippen LogP contribution in [0.2, 0.25) is 5.82 Å². The van der Waals surface area contributed by atoms with Crippen molar-refractivity contribution >= 4 is 7.85 Å². The average Bonchev–Trinajstić information content (AvgIpc) is 2.34. The van der Waals surface area contributed by atoms with Gasteiger partial charge in [0.25, 0.3) is 0 Å². The smallest absolute Gasteiger partial charge is 0.105 e. The number of hydrogen-bond donors (Lipinski definition) is 0. The molecule has 2 heteroatoms. The molecule has 76 valence electrons. The normalized spacial score (nSPS) is 39.6. The molecule has 13 heavy (non-hydrogen) atoms. The average molecular weight is 182 g/mol. The first-order valence-electron chi connectivity index (χ1n) is 5.69. The predicted molar refractivity (Wildman–Crippen MR) is 59.8 cm³/mol. The van der Waals surface area contributed by atoms with Crippen LogP contribution in [0.25, 0.3) is 0 Å². The van der Waals surface area contributed by atoms with Crippen molar-refractivity contribution in [2.75, 3.05) is 13.7 Å². The third-order valence-electron chi connectivity index (χ3n) is 3.84. The molecule has 0 radical (unpaired) electrons. The highest BCUT2D eigenvalue weighted by molar-refractivity contribution is 6.12. The SMILES string of the molecule is BC1CC(CCC)C(C)C1COC. The van der Waals surface area contributed by atoms with E-state index in [-0.39, 0.29) is 0 Å². The summed E-state index contributed by atoms with van der Waals surface area (Å²) >= 11 is 0. The monoisotopic (exact) mass is 182 g/mol. The Morgan fingerprint density at radius 2 is 2.15 bits per heavy atom. The first-order valence-corrected chi connectivity index (χ1v) is 5.69. The van der Waals surface area contributed by atoms with Gasteiger partial charge in [0, 0.05) is 13.7 Å². The number of methoxy groups -OCH3 is 1. The molecule has 0 aromatic rings. The molecule has 4 unspecified atom stereocenters. The van der Waals surface area contributed by atoms with Crippen LogP contribution < -0.4 is 0 Å². The predicted octanol–water partition coefficient (Wildman–Crippen LogP) is 2.13. The maximum absolute atomic E-state index is 5.29. The van der Waals surface area contributed by atoms with E-state index in [2.05, 4.69) is 21.7 Å². The molecule has 0 heterocycles. The van der Waals surface area contributed by atoms with Gasteiger partial charge in [-0.1, -0.05) is 38.9 Å². The van der Waals surface area contributed by atoms with Crippen molar-refractivity contribution in [2.45, 2.75) is 38.9 Å². The molecule has 0 aromatic heterocycles. The van der Waals surface area contributed by atoms with Gasteiger partial charge >= 0.3 is 0 Å². The molecule has 0 aromatic carbocycles. The highest BCUT2D eigenvalue weighted by Crippen LogP contribution is 2.45. The quantitative estimate of drug-likeness (QED) is 0.605. The standard InChI is InChI=1S/C11H23BO/c1-4-5-9-6-11(12)10(7-13-3)8(9)2/h8-11H,4-7,12H2,1-3H3. The van der Waals surface area contributed by atoms with Gasteiger partial charge in [-0.25, -0.2) is 0 Å². The molecular weight excluding hydrogens is 159 g/mol. The van der Waals surface area contributed by atoms with Crippen LogP contribution in [0.4, 0.5) is 0 Å². The number of hydrogen-bond acceptors (Lipinski definition) is 1. The number of rotatable bonds is 4. The van der Waals surface area contributed by atoms with Gasteiger partial charge in [0.05, 0.1) is 0 Å². The summed E-state index contributed by atoms with van der Waals surface area (Å²) in [5, 5.41) is 0. The largest absolute Gasteiger partial charge is 0.384 e. The van der Waals surface area contributed by atoms with Crippen LogP contribution in [0.15, 0.2) is 0 Å². The van der Waals surface area contributed by atoms with Crippen molar-refractivity contribution in [3.05, 3.63) is 0 Å². The van der Waals surface area contributed by atoms with Crippen molar-refractivity contribution in [1.82, 2.24) is 0 Å². The Bertz CT molecular complexity index is 149. The zero-order valence-electron chi connectivity index (χ0n) is 9.55. The molecule has 0 spiro atoms. The van der Waals surface area contributed by atoms with E-state index in [0.717, 1.165) is 30.2 Å². The minimum absolute atomic E-state index is 0.807. The van der Waals surface area contributed by atoms with Crippen molar-refractivity contribution in [2.24, 2.45) is 17.8 Å². The summed E-state index contributed by atoms with van der Waals surface area (Å²) in [6.07, 6.45) is 4.16. The van der Waals surface area contributed by atoms with E-state index >= 15 is 0 Å². The maximum atomic E-state index is 5.29. The van der Waals surface area contributed by atoms with Gasteiger partial charge < -0.3 is 4.74 Å². The van der Waals surface area contributed by atoms with E-state index in [4.69, 9.17) is 4.74 Å². The maximum Gasteiger partial charge on any atom is 0.105 e. The first-order chi connectivity index (χ1) is 6.20. The van der Waals surface area contributed by atoms with Crippen LogP contribution in [0.5, 0.6) is 0 Å². The molecule has 1 rings (SSSR count). The molecule has 0 aliphatic heterocycles. The minimum Gasteiger partial charge on any atom is -0.384 e. The van der Waals surface area contributed by atoms with Crippen LogP contribution in [0, 0.1) is 17.8 Å². The molecule has 0 saturated heterocycles. The zero-order valence-corrected chi connectivity index (χ0v) is 9.55. The van der Waals surface area contributed by atoms with Gasteiger partial charge in [0.1, 0.15) is 7.85 Å². The van der Waals surface area contributed by atoms with Crippen LogP contribution in [-0.4, -0.2) is 21.6 Å². The lowest BCUT2D eigenvalue weighted by molar-refractivity contribution is 0.129. The Morgan fingerprint density at radius 1 is 1.46 bits per heavy atom. The lowest BCUT2D eigenvalue weighted by Crippen LogP contribution is -2.17. The van der Waals surface area contributed by atoms with Crippen molar-refractivity contribution in [1.29, 1.82) is 0 Å². The van der Waals surface area contributed by atoms with Crippen molar-refractivity contribution in [3.63, 3.8) is 0 Å². The molecule has 1 nitrogen and oxygen atoms in total. The van der Waals surface area contributed by atoms with Gasteiger partial charge in [0.15, 0.2) is 0 Å². The van der Waals surface area contributed by atoms with Crippen molar-refractivity contribution in [3.8, 4) is 0 Å². The molecule has 1 aliphatic rings. The minimum atomic E-state index is 0.807.